The highest BCUT2D eigenvalue weighted by Gasteiger charge is 2.31. The Hall–Kier alpha value is -1.62. The van der Waals surface area contributed by atoms with E-state index in [-0.39, 0.29) is 11.4 Å². The molecule has 5 nitrogen and oxygen atoms in total. The van der Waals surface area contributed by atoms with Crippen LogP contribution in [-0.4, -0.2) is 34.8 Å². The van der Waals surface area contributed by atoms with E-state index in [1.165, 1.54) is 0 Å². The van der Waals surface area contributed by atoms with Gasteiger partial charge in [0.1, 0.15) is 0 Å². The summed E-state index contributed by atoms with van der Waals surface area (Å²) in [5, 5.41) is 15.9. The maximum atomic E-state index is 11.9. The van der Waals surface area contributed by atoms with Crippen LogP contribution in [0.4, 0.5) is 4.79 Å². The molecule has 1 aliphatic rings. The van der Waals surface area contributed by atoms with E-state index in [1.807, 2.05) is 12.1 Å². The fourth-order valence-electron chi connectivity index (χ4n) is 2.72. The van der Waals surface area contributed by atoms with Gasteiger partial charge in [0.05, 0.1) is 5.60 Å². The molecular formula is C16H25N3O2. The van der Waals surface area contributed by atoms with Crippen LogP contribution in [-0.2, 0) is 5.41 Å². The van der Waals surface area contributed by atoms with Crippen molar-refractivity contribution in [2.24, 2.45) is 0 Å². The van der Waals surface area contributed by atoms with Crippen molar-refractivity contribution in [1.29, 1.82) is 0 Å². The Morgan fingerprint density at radius 1 is 1.29 bits per heavy atom. The van der Waals surface area contributed by atoms with Crippen LogP contribution in [0.1, 0.15) is 45.1 Å². The zero-order chi connectivity index (χ0) is 15.3. The number of pyridine rings is 1. The first-order valence-electron chi connectivity index (χ1n) is 7.56. The van der Waals surface area contributed by atoms with Crippen molar-refractivity contribution in [3.05, 3.63) is 30.1 Å². The van der Waals surface area contributed by atoms with Gasteiger partial charge in [-0.25, -0.2) is 4.79 Å². The van der Waals surface area contributed by atoms with Crippen LogP contribution >= 0.6 is 0 Å². The van der Waals surface area contributed by atoms with Gasteiger partial charge in [-0.3, -0.25) is 4.98 Å². The molecule has 5 heteroatoms. The Morgan fingerprint density at radius 3 is 2.52 bits per heavy atom. The average molecular weight is 291 g/mol. The van der Waals surface area contributed by atoms with E-state index in [4.69, 9.17) is 0 Å². The lowest BCUT2D eigenvalue weighted by Crippen LogP contribution is -2.47. The lowest BCUT2D eigenvalue weighted by molar-refractivity contribution is 0.0501. The summed E-state index contributed by atoms with van der Waals surface area (Å²) in [6, 6.07) is 3.69. The third-order valence-corrected chi connectivity index (χ3v) is 4.26. The van der Waals surface area contributed by atoms with E-state index >= 15 is 0 Å². The highest BCUT2D eigenvalue weighted by Crippen LogP contribution is 2.28. The van der Waals surface area contributed by atoms with Gasteiger partial charge < -0.3 is 15.7 Å². The fraction of sp³-hybridized carbons (Fsp3) is 0.625. The van der Waals surface area contributed by atoms with Crippen molar-refractivity contribution < 1.29 is 9.90 Å². The molecule has 116 valence electrons. The molecule has 1 aromatic rings. The fourth-order valence-corrected chi connectivity index (χ4v) is 2.72. The Bertz CT molecular complexity index is 468. The number of nitrogens with one attached hydrogen (secondary N) is 2. The van der Waals surface area contributed by atoms with Gasteiger partial charge in [0.15, 0.2) is 0 Å². The number of urea groups is 1. The van der Waals surface area contributed by atoms with E-state index in [2.05, 4.69) is 29.5 Å². The van der Waals surface area contributed by atoms with Gasteiger partial charge in [-0.2, -0.15) is 0 Å². The Labute approximate surface area is 126 Å². The summed E-state index contributed by atoms with van der Waals surface area (Å²) in [5.74, 6) is 0. The Kier molecular flexibility index (Phi) is 4.83. The molecular weight excluding hydrogens is 266 g/mol. The summed E-state index contributed by atoms with van der Waals surface area (Å²) in [4.78, 5) is 15.9. The van der Waals surface area contributed by atoms with Crippen LogP contribution in [0.15, 0.2) is 24.5 Å². The molecule has 3 N–H and O–H groups in total. The predicted octanol–water partition coefficient (Wildman–Crippen LogP) is 1.96. The molecule has 1 fully saturated rings. The van der Waals surface area contributed by atoms with E-state index in [9.17, 15) is 9.90 Å². The van der Waals surface area contributed by atoms with Gasteiger partial charge >= 0.3 is 6.03 Å². The summed E-state index contributed by atoms with van der Waals surface area (Å²) in [6.07, 6.45) is 7.13. The number of hydrogen-bond donors (Lipinski definition) is 3. The summed E-state index contributed by atoms with van der Waals surface area (Å²) in [6.45, 7) is 5.01. The minimum Gasteiger partial charge on any atom is -0.388 e. The normalized spacial score (nSPS) is 17.5. The standard InChI is InChI=1S/C16H25N3O2/c1-15(2,13-5-9-17-10-6-13)11-18-14(20)19-12-16(21)7-3-4-8-16/h5-6,9-10,21H,3-4,7-8,11-12H2,1-2H3,(H2,18,19,20). The van der Waals surface area contributed by atoms with E-state index in [1.54, 1.807) is 12.4 Å². The van der Waals surface area contributed by atoms with Crippen molar-refractivity contribution >= 4 is 6.03 Å². The highest BCUT2D eigenvalue weighted by molar-refractivity contribution is 5.74. The lowest BCUT2D eigenvalue weighted by Gasteiger charge is -2.26. The summed E-state index contributed by atoms with van der Waals surface area (Å²) < 4.78 is 0. The van der Waals surface area contributed by atoms with Crippen LogP contribution in [0.25, 0.3) is 0 Å². The van der Waals surface area contributed by atoms with Crippen molar-refractivity contribution in [1.82, 2.24) is 15.6 Å². The Balaban J connectivity index is 1.78. The molecule has 0 aliphatic heterocycles. The third kappa shape index (κ3) is 4.43. The number of hydrogen-bond acceptors (Lipinski definition) is 3. The second kappa shape index (κ2) is 6.43. The maximum Gasteiger partial charge on any atom is 0.314 e. The molecule has 1 saturated carbocycles. The second-order valence-corrected chi connectivity index (χ2v) is 6.59. The molecule has 21 heavy (non-hydrogen) atoms. The molecule has 1 aliphatic carbocycles. The molecule has 1 aromatic heterocycles. The number of aliphatic hydroxyl groups is 1. The largest absolute Gasteiger partial charge is 0.388 e. The molecule has 0 saturated heterocycles. The zero-order valence-electron chi connectivity index (χ0n) is 12.9. The van der Waals surface area contributed by atoms with E-state index in [0.717, 1.165) is 31.2 Å². The van der Waals surface area contributed by atoms with E-state index < -0.39 is 5.60 Å². The number of nitrogens with zero attached hydrogens (tertiary/aromatic N) is 1. The quantitative estimate of drug-likeness (QED) is 0.776. The minimum atomic E-state index is -0.710. The molecule has 2 rings (SSSR count). The van der Waals surface area contributed by atoms with Gasteiger partial charge in [0.2, 0.25) is 0 Å². The molecule has 0 bridgehead atoms. The predicted molar refractivity (Wildman–Crippen MR) is 82.1 cm³/mol. The second-order valence-electron chi connectivity index (χ2n) is 6.59. The lowest BCUT2D eigenvalue weighted by atomic mass is 9.85. The van der Waals surface area contributed by atoms with Gasteiger partial charge in [0, 0.05) is 30.9 Å². The van der Waals surface area contributed by atoms with Gasteiger partial charge in [0.25, 0.3) is 0 Å². The van der Waals surface area contributed by atoms with Gasteiger partial charge in [-0.1, -0.05) is 26.7 Å². The monoisotopic (exact) mass is 291 g/mol. The van der Waals surface area contributed by atoms with Crippen molar-refractivity contribution in [2.45, 2.75) is 50.5 Å². The van der Waals surface area contributed by atoms with Crippen molar-refractivity contribution in [3.63, 3.8) is 0 Å². The van der Waals surface area contributed by atoms with Gasteiger partial charge in [-0.05, 0) is 30.5 Å². The average Bonchev–Trinajstić information content (AvgIpc) is 2.91. The molecule has 0 unspecified atom stereocenters. The zero-order valence-corrected chi connectivity index (χ0v) is 12.9. The first-order valence-corrected chi connectivity index (χ1v) is 7.56. The molecule has 0 spiro atoms. The van der Waals surface area contributed by atoms with Gasteiger partial charge in [-0.15, -0.1) is 0 Å². The summed E-state index contributed by atoms with van der Waals surface area (Å²) in [5.41, 5.74) is 0.259. The number of rotatable bonds is 5. The van der Waals surface area contributed by atoms with Crippen LogP contribution in [0, 0.1) is 0 Å². The first-order chi connectivity index (χ1) is 9.91. The first kappa shape index (κ1) is 15.8. The highest BCUT2D eigenvalue weighted by atomic mass is 16.3. The third-order valence-electron chi connectivity index (χ3n) is 4.26. The van der Waals surface area contributed by atoms with Crippen LogP contribution in [0.3, 0.4) is 0 Å². The summed E-state index contributed by atoms with van der Waals surface area (Å²) >= 11 is 0. The van der Waals surface area contributed by atoms with Crippen molar-refractivity contribution in [3.8, 4) is 0 Å². The van der Waals surface area contributed by atoms with Crippen LogP contribution in [0.2, 0.25) is 0 Å². The molecule has 0 radical (unpaired) electrons. The van der Waals surface area contributed by atoms with E-state index in [0.29, 0.717) is 13.1 Å². The number of carbonyl (C=O) groups excluding carboxylic acids is 1. The van der Waals surface area contributed by atoms with Crippen LogP contribution < -0.4 is 10.6 Å². The van der Waals surface area contributed by atoms with Crippen molar-refractivity contribution in [2.75, 3.05) is 13.1 Å². The topological polar surface area (TPSA) is 74.2 Å². The molecule has 0 atom stereocenters. The summed E-state index contributed by atoms with van der Waals surface area (Å²) in [7, 11) is 0. The molecule has 1 heterocycles. The number of carbonyl (C=O) groups is 1. The number of amides is 2. The molecule has 2 amide bonds. The van der Waals surface area contributed by atoms with Crippen LogP contribution in [0.5, 0.6) is 0 Å². The minimum absolute atomic E-state index is 0.162. The Morgan fingerprint density at radius 2 is 1.90 bits per heavy atom. The molecule has 0 aromatic carbocycles. The number of aromatic nitrogens is 1. The SMILES string of the molecule is CC(C)(CNC(=O)NCC1(O)CCCC1)c1ccncc1. The smallest absolute Gasteiger partial charge is 0.314 e. The maximum absolute atomic E-state index is 11.9.